The van der Waals surface area contributed by atoms with Crippen molar-refractivity contribution in [2.24, 2.45) is 30.7 Å². The third-order valence-corrected chi connectivity index (χ3v) is 7.35. The lowest BCUT2D eigenvalue weighted by molar-refractivity contribution is -0.161. The lowest BCUT2D eigenvalue weighted by Crippen LogP contribution is -2.41. The van der Waals surface area contributed by atoms with Gasteiger partial charge < -0.3 is 18.8 Å². The van der Waals surface area contributed by atoms with E-state index in [4.69, 9.17) is 14.2 Å². The van der Waals surface area contributed by atoms with Crippen molar-refractivity contribution in [3.63, 3.8) is 0 Å². The van der Waals surface area contributed by atoms with Gasteiger partial charge in [0.25, 0.3) is 0 Å². The van der Waals surface area contributed by atoms with E-state index in [2.05, 4.69) is 31.8 Å². The average molecular weight is 513 g/mol. The summed E-state index contributed by atoms with van der Waals surface area (Å²) >= 11 is 0. The number of nitrogens with zero attached hydrogens (tertiary/aromatic N) is 2. The van der Waals surface area contributed by atoms with Crippen LogP contribution in [-0.2, 0) is 35.6 Å². The van der Waals surface area contributed by atoms with Crippen molar-refractivity contribution in [1.29, 1.82) is 0 Å². The highest BCUT2D eigenvalue weighted by atomic mass is 16.6. The Morgan fingerprint density at radius 2 is 1.81 bits per heavy atom. The first-order valence-electron chi connectivity index (χ1n) is 13.1. The van der Waals surface area contributed by atoms with E-state index >= 15 is 0 Å². The average Bonchev–Trinajstić information content (AvgIpc) is 3.22. The normalized spacial score (nSPS) is 28.4. The third-order valence-electron chi connectivity index (χ3n) is 7.35. The standard InChI is InChI=1S/C29H40N2O6/c1-18(2)24-12-10-19(3)25-15-28(37-29(34)13-11-22-16-31(6)17-30-22)27(36-21(5)33)9-7-8-23(14-26(24)25)35-20(4)32/h7,9-11,13,16-18,23-28H,8,12,14-15H2,1-6H3. The summed E-state index contributed by atoms with van der Waals surface area (Å²) in [6, 6.07) is 0. The molecule has 0 bridgehead atoms. The first kappa shape index (κ1) is 28.4. The minimum Gasteiger partial charge on any atom is -0.462 e. The second kappa shape index (κ2) is 12.9. The van der Waals surface area contributed by atoms with Crippen molar-refractivity contribution in [3.8, 4) is 0 Å². The topological polar surface area (TPSA) is 96.7 Å². The molecule has 0 fully saturated rings. The molecule has 0 radical (unpaired) electrons. The van der Waals surface area contributed by atoms with Crippen molar-refractivity contribution >= 4 is 24.0 Å². The minimum atomic E-state index is -0.756. The van der Waals surface area contributed by atoms with Crippen LogP contribution >= 0.6 is 0 Å². The molecule has 6 unspecified atom stereocenters. The summed E-state index contributed by atoms with van der Waals surface area (Å²) in [5, 5.41) is 0. The lowest BCUT2D eigenvalue weighted by Gasteiger charge is -2.43. The van der Waals surface area contributed by atoms with Gasteiger partial charge in [-0.05, 0) is 62.0 Å². The molecule has 1 aromatic rings. The van der Waals surface area contributed by atoms with Gasteiger partial charge in [0.2, 0.25) is 0 Å². The summed E-state index contributed by atoms with van der Waals surface area (Å²) in [4.78, 5) is 40.9. The first-order chi connectivity index (χ1) is 17.5. The van der Waals surface area contributed by atoms with Gasteiger partial charge in [0.1, 0.15) is 12.2 Å². The molecule has 8 nitrogen and oxygen atoms in total. The minimum absolute atomic E-state index is 0.0846. The molecule has 8 heteroatoms. The molecule has 0 aliphatic heterocycles. The Kier molecular flexibility index (Phi) is 9.89. The van der Waals surface area contributed by atoms with E-state index in [1.807, 2.05) is 13.1 Å². The second-order valence-corrected chi connectivity index (χ2v) is 10.6. The monoisotopic (exact) mass is 512 g/mol. The SMILES string of the molecule is CC(=O)OC1CC=CC(OC(C)=O)C(OC(=O)C=Cc2cn(C)cn2)CC2C(C)=CCC(C(C)C)C2C1. The number of allylic oxidation sites excluding steroid dienone is 2. The van der Waals surface area contributed by atoms with E-state index in [9.17, 15) is 14.4 Å². The van der Waals surface area contributed by atoms with E-state index in [-0.39, 0.29) is 23.9 Å². The maximum atomic E-state index is 12.9. The van der Waals surface area contributed by atoms with Gasteiger partial charge in [-0.25, -0.2) is 9.78 Å². The van der Waals surface area contributed by atoms with Gasteiger partial charge in [0, 0.05) is 39.6 Å². The van der Waals surface area contributed by atoms with Crippen LogP contribution in [0.2, 0.25) is 0 Å². The summed E-state index contributed by atoms with van der Waals surface area (Å²) in [6.07, 6.45) is 13.3. The maximum Gasteiger partial charge on any atom is 0.331 e. The summed E-state index contributed by atoms with van der Waals surface area (Å²) in [7, 11) is 1.85. The quantitative estimate of drug-likeness (QED) is 0.234. The van der Waals surface area contributed by atoms with Crippen LogP contribution < -0.4 is 0 Å². The van der Waals surface area contributed by atoms with Crippen LogP contribution in [0.25, 0.3) is 6.08 Å². The van der Waals surface area contributed by atoms with Gasteiger partial charge >= 0.3 is 17.9 Å². The highest BCUT2D eigenvalue weighted by molar-refractivity contribution is 5.86. The summed E-state index contributed by atoms with van der Waals surface area (Å²) in [6.45, 7) is 9.32. The summed E-state index contributed by atoms with van der Waals surface area (Å²) < 4.78 is 19.1. The zero-order valence-electron chi connectivity index (χ0n) is 22.8. The van der Waals surface area contributed by atoms with Crippen LogP contribution in [0.15, 0.2) is 42.4 Å². The van der Waals surface area contributed by atoms with Crippen LogP contribution in [0.1, 0.15) is 66.0 Å². The first-order valence-corrected chi connectivity index (χ1v) is 13.1. The van der Waals surface area contributed by atoms with Crippen molar-refractivity contribution in [3.05, 3.63) is 48.1 Å². The molecule has 0 spiro atoms. The number of carbonyl (C=O) groups is 3. The molecule has 0 saturated carbocycles. The molecule has 0 saturated heterocycles. The molecular formula is C29H40N2O6. The van der Waals surface area contributed by atoms with Crippen molar-refractivity contribution in [1.82, 2.24) is 9.55 Å². The highest BCUT2D eigenvalue weighted by Gasteiger charge is 2.40. The van der Waals surface area contributed by atoms with E-state index < -0.39 is 24.1 Å². The van der Waals surface area contributed by atoms with E-state index in [0.717, 1.165) is 12.8 Å². The number of ether oxygens (including phenoxy) is 3. The van der Waals surface area contributed by atoms with Gasteiger partial charge in [0.05, 0.1) is 12.0 Å². The third kappa shape index (κ3) is 8.17. The summed E-state index contributed by atoms with van der Waals surface area (Å²) in [5.74, 6) is -0.154. The Bertz CT molecular complexity index is 1050. The fourth-order valence-corrected chi connectivity index (χ4v) is 5.64. The van der Waals surface area contributed by atoms with E-state index in [1.165, 1.54) is 25.5 Å². The predicted molar refractivity (Wildman–Crippen MR) is 140 cm³/mol. The number of aromatic nitrogens is 2. The Labute approximate surface area is 219 Å². The Balaban J connectivity index is 1.95. The molecule has 2 aliphatic rings. The molecule has 1 heterocycles. The number of rotatable bonds is 6. The smallest absolute Gasteiger partial charge is 0.331 e. The molecule has 3 rings (SSSR count). The number of imidazole rings is 1. The zero-order chi connectivity index (χ0) is 27.1. The fraction of sp³-hybridized carbons (Fsp3) is 0.586. The largest absolute Gasteiger partial charge is 0.462 e. The number of hydrogen-bond acceptors (Lipinski definition) is 7. The number of aryl methyl sites for hydroxylation is 1. The van der Waals surface area contributed by atoms with Crippen molar-refractivity contribution in [2.75, 3.05) is 0 Å². The van der Waals surface area contributed by atoms with Crippen LogP contribution in [0.3, 0.4) is 0 Å². The molecule has 1 aromatic heterocycles. The van der Waals surface area contributed by atoms with E-state index in [1.54, 1.807) is 29.2 Å². The number of esters is 3. The number of carbonyl (C=O) groups excluding carboxylic acids is 3. The number of fused-ring (bicyclic) bond motifs is 1. The van der Waals surface area contributed by atoms with Crippen LogP contribution in [-0.4, -0.2) is 45.8 Å². The highest BCUT2D eigenvalue weighted by Crippen LogP contribution is 2.45. The second-order valence-electron chi connectivity index (χ2n) is 10.6. The summed E-state index contributed by atoms with van der Waals surface area (Å²) in [5.41, 5.74) is 1.86. The van der Waals surface area contributed by atoms with Crippen molar-refractivity contribution in [2.45, 2.75) is 78.6 Å². The maximum absolute atomic E-state index is 12.9. The van der Waals surface area contributed by atoms with Crippen LogP contribution in [0, 0.1) is 23.7 Å². The molecular weight excluding hydrogens is 472 g/mol. The lowest BCUT2D eigenvalue weighted by atomic mass is 9.64. The molecule has 0 amide bonds. The van der Waals surface area contributed by atoms with Gasteiger partial charge in [0.15, 0.2) is 6.10 Å². The Morgan fingerprint density at radius 3 is 2.43 bits per heavy atom. The number of hydrogen-bond donors (Lipinski definition) is 0. The van der Waals surface area contributed by atoms with Gasteiger partial charge in [-0.2, -0.15) is 0 Å². The van der Waals surface area contributed by atoms with Gasteiger partial charge in [-0.15, -0.1) is 0 Å². The Hall–Kier alpha value is -3.16. The van der Waals surface area contributed by atoms with Crippen LogP contribution in [0.5, 0.6) is 0 Å². The van der Waals surface area contributed by atoms with Crippen LogP contribution in [0.4, 0.5) is 0 Å². The Morgan fingerprint density at radius 1 is 1.08 bits per heavy atom. The van der Waals surface area contributed by atoms with Gasteiger partial charge in [-0.3, -0.25) is 9.59 Å². The molecule has 0 N–H and O–H groups in total. The zero-order valence-corrected chi connectivity index (χ0v) is 22.8. The fourth-order valence-electron chi connectivity index (χ4n) is 5.64. The predicted octanol–water partition coefficient (Wildman–Crippen LogP) is 4.80. The van der Waals surface area contributed by atoms with E-state index in [0.29, 0.717) is 30.4 Å². The van der Waals surface area contributed by atoms with Gasteiger partial charge in [-0.1, -0.05) is 31.6 Å². The molecule has 0 aromatic carbocycles. The molecule has 37 heavy (non-hydrogen) atoms. The molecule has 202 valence electrons. The molecule has 6 atom stereocenters. The molecule has 2 aliphatic carbocycles. The van der Waals surface area contributed by atoms with Crippen molar-refractivity contribution < 1.29 is 28.6 Å².